The van der Waals surface area contributed by atoms with Gasteiger partial charge in [-0.3, -0.25) is 4.79 Å². The lowest BCUT2D eigenvalue weighted by Crippen LogP contribution is -2.46. The number of amides is 1. The highest BCUT2D eigenvalue weighted by Gasteiger charge is 2.34. The number of fused-ring (bicyclic) bond motifs is 1. The van der Waals surface area contributed by atoms with Crippen molar-refractivity contribution in [2.24, 2.45) is 0 Å². The number of rotatable bonds is 6. The summed E-state index contributed by atoms with van der Waals surface area (Å²) in [6.07, 6.45) is -1.40. The molecule has 2 aromatic rings. The zero-order chi connectivity index (χ0) is 21.2. The van der Waals surface area contributed by atoms with Gasteiger partial charge in [-0.15, -0.1) is 0 Å². The summed E-state index contributed by atoms with van der Waals surface area (Å²) in [4.78, 5) is 12.7. The van der Waals surface area contributed by atoms with E-state index in [1.807, 2.05) is 6.07 Å². The molecule has 1 amide bonds. The van der Waals surface area contributed by atoms with Crippen LogP contribution in [0.25, 0.3) is 0 Å². The van der Waals surface area contributed by atoms with Gasteiger partial charge < -0.3 is 14.8 Å². The smallest absolute Gasteiger partial charge is 0.269 e. The van der Waals surface area contributed by atoms with Crippen LogP contribution >= 0.6 is 11.6 Å². The fraction of sp³-hybridized carbons (Fsp3) is 0.350. The van der Waals surface area contributed by atoms with Crippen LogP contribution in [-0.4, -0.2) is 43.9 Å². The third-order valence-electron chi connectivity index (χ3n) is 4.62. The van der Waals surface area contributed by atoms with Crippen LogP contribution in [0.5, 0.6) is 11.5 Å². The number of carbonyl (C=O) groups excluding carboxylic acids is 1. The third kappa shape index (κ3) is 4.34. The third-order valence-corrected chi connectivity index (χ3v) is 7.15. The van der Waals surface area contributed by atoms with Crippen molar-refractivity contribution in [2.75, 3.05) is 18.4 Å². The second-order valence-electron chi connectivity index (χ2n) is 6.53. The Balaban J connectivity index is 1.83. The van der Waals surface area contributed by atoms with Crippen molar-refractivity contribution in [3.05, 3.63) is 47.5 Å². The molecule has 1 aliphatic heterocycles. The van der Waals surface area contributed by atoms with Crippen molar-refractivity contribution in [1.82, 2.24) is 4.31 Å². The number of benzene rings is 2. The van der Waals surface area contributed by atoms with E-state index in [0.717, 1.165) is 0 Å². The molecule has 2 unspecified atom stereocenters. The van der Waals surface area contributed by atoms with Crippen LogP contribution in [-0.2, 0) is 14.8 Å². The van der Waals surface area contributed by atoms with Crippen LogP contribution in [0.2, 0.25) is 5.02 Å². The fourth-order valence-electron chi connectivity index (χ4n) is 3.10. The number of halogens is 1. The number of carbonyl (C=O) groups is 1. The van der Waals surface area contributed by atoms with Gasteiger partial charge >= 0.3 is 0 Å². The van der Waals surface area contributed by atoms with Crippen molar-refractivity contribution < 1.29 is 22.7 Å². The van der Waals surface area contributed by atoms with Crippen molar-refractivity contribution in [3.63, 3.8) is 0 Å². The predicted octanol–water partition coefficient (Wildman–Crippen LogP) is 3.54. The van der Waals surface area contributed by atoms with E-state index in [-0.39, 0.29) is 9.92 Å². The molecule has 0 spiro atoms. The summed E-state index contributed by atoms with van der Waals surface area (Å²) in [6.45, 7) is 5.87. The van der Waals surface area contributed by atoms with E-state index in [9.17, 15) is 13.2 Å². The molecule has 0 bridgehead atoms. The number of hydrogen-bond acceptors (Lipinski definition) is 5. The predicted molar refractivity (Wildman–Crippen MR) is 111 cm³/mol. The summed E-state index contributed by atoms with van der Waals surface area (Å²) in [6, 6.07) is 11.4. The van der Waals surface area contributed by atoms with E-state index in [1.165, 1.54) is 16.4 Å². The van der Waals surface area contributed by atoms with E-state index in [2.05, 4.69) is 5.32 Å². The first kappa shape index (κ1) is 21.4. The van der Waals surface area contributed by atoms with Gasteiger partial charge in [0.2, 0.25) is 16.1 Å². The van der Waals surface area contributed by atoms with Gasteiger partial charge in [0.1, 0.15) is 11.0 Å². The number of para-hydroxylation sites is 2. The average molecular weight is 439 g/mol. The van der Waals surface area contributed by atoms with Gasteiger partial charge in [0.15, 0.2) is 11.5 Å². The summed E-state index contributed by atoms with van der Waals surface area (Å²) < 4.78 is 38.5. The molecule has 0 saturated carbocycles. The number of ether oxygens (including phenoxy) is 2. The summed E-state index contributed by atoms with van der Waals surface area (Å²) >= 11 is 6.14. The van der Waals surface area contributed by atoms with E-state index in [0.29, 0.717) is 30.3 Å². The molecule has 0 aromatic heterocycles. The van der Waals surface area contributed by atoms with Crippen LogP contribution in [0.15, 0.2) is 47.4 Å². The highest BCUT2D eigenvalue weighted by molar-refractivity contribution is 7.89. The minimum Gasteiger partial charge on any atom is -0.482 e. The van der Waals surface area contributed by atoms with Gasteiger partial charge in [0.05, 0.1) is 5.02 Å². The number of nitrogens with zero attached hydrogens (tertiary/aromatic N) is 1. The Morgan fingerprint density at radius 1 is 1.10 bits per heavy atom. The first-order valence-corrected chi connectivity index (χ1v) is 11.1. The molecule has 1 heterocycles. The average Bonchev–Trinajstić information content (AvgIpc) is 2.69. The first-order chi connectivity index (χ1) is 13.8. The quantitative estimate of drug-likeness (QED) is 0.745. The highest BCUT2D eigenvalue weighted by atomic mass is 35.5. The van der Waals surface area contributed by atoms with Crippen molar-refractivity contribution in [2.45, 2.75) is 37.9 Å². The maximum absolute atomic E-state index is 12.8. The largest absolute Gasteiger partial charge is 0.482 e. The molecule has 156 valence electrons. The van der Waals surface area contributed by atoms with Crippen molar-refractivity contribution >= 4 is 33.2 Å². The van der Waals surface area contributed by atoms with Crippen molar-refractivity contribution in [3.8, 4) is 11.5 Å². The molecular weight excluding hydrogens is 416 g/mol. The molecule has 0 fully saturated rings. The lowest BCUT2D eigenvalue weighted by Gasteiger charge is -2.31. The molecule has 2 aromatic carbocycles. The molecule has 1 aliphatic rings. The van der Waals surface area contributed by atoms with Crippen LogP contribution in [0, 0.1) is 0 Å². The standard InChI is InChI=1S/C20H23ClN2O5S/c1-4-23(5-2)29(25,26)18-12-14(10-11-15(18)21)22-20(24)19-13(3)27-16-8-6-7-9-17(16)28-19/h6-13,19H,4-5H2,1-3H3,(H,22,24). The van der Waals surface area contributed by atoms with E-state index in [4.69, 9.17) is 21.1 Å². The van der Waals surface area contributed by atoms with Gasteiger partial charge in [-0.25, -0.2) is 8.42 Å². The number of anilines is 1. The van der Waals surface area contributed by atoms with Crippen LogP contribution in [0.1, 0.15) is 20.8 Å². The number of sulfonamides is 1. The second kappa shape index (κ2) is 8.61. The maximum atomic E-state index is 12.8. The molecule has 29 heavy (non-hydrogen) atoms. The second-order valence-corrected chi connectivity index (χ2v) is 8.85. The zero-order valence-electron chi connectivity index (χ0n) is 16.4. The first-order valence-electron chi connectivity index (χ1n) is 9.30. The monoisotopic (exact) mass is 438 g/mol. The maximum Gasteiger partial charge on any atom is 0.269 e. The van der Waals surface area contributed by atoms with Crippen molar-refractivity contribution in [1.29, 1.82) is 0 Å². The Labute approximate surface area is 175 Å². The van der Waals surface area contributed by atoms with Crippen LogP contribution < -0.4 is 14.8 Å². The Bertz CT molecular complexity index is 1010. The molecule has 0 aliphatic carbocycles. The van der Waals surface area contributed by atoms with Crippen LogP contribution in [0.3, 0.4) is 0 Å². The molecule has 2 atom stereocenters. The number of nitrogens with one attached hydrogen (secondary N) is 1. The minimum absolute atomic E-state index is 0.0557. The summed E-state index contributed by atoms with van der Waals surface area (Å²) in [5.74, 6) is 0.607. The van der Waals surface area contributed by atoms with Gasteiger partial charge in [0.25, 0.3) is 5.91 Å². The summed E-state index contributed by atoms with van der Waals surface area (Å²) in [5, 5.41) is 2.79. The molecule has 0 radical (unpaired) electrons. The molecule has 7 nitrogen and oxygen atoms in total. The Morgan fingerprint density at radius 2 is 1.72 bits per heavy atom. The molecular formula is C20H23ClN2O5S. The SMILES string of the molecule is CCN(CC)S(=O)(=O)c1cc(NC(=O)C2Oc3ccccc3OC2C)ccc1Cl. The Hall–Kier alpha value is -2.29. The van der Waals surface area contributed by atoms with E-state index in [1.54, 1.807) is 45.0 Å². The summed E-state index contributed by atoms with van der Waals surface area (Å²) in [7, 11) is -3.77. The van der Waals surface area contributed by atoms with Crippen LogP contribution in [0.4, 0.5) is 5.69 Å². The molecule has 1 N–H and O–H groups in total. The van der Waals surface area contributed by atoms with Gasteiger partial charge in [0, 0.05) is 18.8 Å². The highest BCUT2D eigenvalue weighted by Crippen LogP contribution is 2.34. The van der Waals surface area contributed by atoms with Gasteiger partial charge in [-0.1, -0.05) is 37.6 Å². The Kier molecular flexibility index (Phi) is 6.36. The zero-order valence-corrected chi connectivity index (χ0v) is 18.0. The molecule has 0 saturated heterocycles. The van der Waals surface area contributed by atoms with E-state index < -0.39 is 28.1 Å². The van der Waals surface area contributed by atoms with E-state index >= 15 is 0 Å². The lowest BCUT2D eigenvalue weighted by molar-refractivity contribution is -0.128. The fourth-order valence-corrected chi connectivity index (χ4v) is 5.06. The molecule has 3 rings (SSSR count). The topological polar surface area (TPSA) is 84.9 Å². The van der Waals surface area contributed by atoms with Gasteiger partial charge in [-0.05, 0) is 37.3 Å². The van der Waals surface area contributed by atoms with Gasteiger partial charge in [-0.2, -0.15) is 4.31 Å². The lowest BCUT2D eigenvalue weighted by atomic mass is 10.1. The summed E-state index contributed by atoms with van der Waals surface area (Å²) in [5.41, 5.74) is 0.305. The normalized spacial score (nSPS) is 18.5. The Morgan fingerprint density at radius 3 is 2.34 bits per heavy atom. The minimum atomic E-state index is -3.77. The number of hydrogen-bond donors (Lipinski definition) is 1. The molecule has 9 heteroatoms.